The number of nitrogens with zero attached hydrogens (tertiary/aromatic N) is 1. The van der Waals surface area contributed by atoms with Gasteiger partial charge < -0.3 is 15.2 Å². The highest BCUT2D eigenvalue weighted by Gasteiger charge is 2.17. The third-order valence-electron chi connectivity index (χ3n) is 3.25. The zero-order valence-corrected chi connectivity index (χ0v) is 15.1. The monoisotopic (exact) mass is 367 g/mol. The fraction of sp³-hybridized carbons (Fsp3) is 0.312. The quantitative estimate of drug-likeness (QED) is 0.814. The van der Waals surface area contributed by atoms with Crippen molar-refractivity contribution in [2.45, 2.75) is 26.0 Å². The van der Waals surface area contributed by atoms with Crippen LogP contribution in [0.4, 0.5) is 11.5 Å². The minimum Gasteiger partial charge on any atom is -0.360 e. The van der Waals surface area contributed by atoms with Crippen molar-refractivity contribution in [2.75, 3.05) is 16.4 Å². The Morgan fingerprint density at radius 3 is 2.75 bits per heavy atom. The summed E-state index contributed by atoms with van der Waals surface area (Å²) in [4.78, 5) is 24.1. The number of aryl methyl sites for hydroxylation is 1. The molecular formula is C16H18ClN3O3S. The highest BCUT2D eigenvalue weighted by molar-refractivity contribution is 8.01. The average molecular weight is 368 g/mol. The number of halogens is 1. The summed E-state index contributed by atoms with van der Waals surface area (Å²) < 4.78 is 4.88. The van der Waals surface area contributed by atoms with Gasteiger partial charge in [0.25, 0.3) is 0 Å². The highest BCUT2D eigenvalue weighted by atomic mass is 35.5. The lowest BCUT2D eigenvalue weighted by Gasteiger charge is -2.12. The van der Waals surface area contributed by atoms with Crippen molar-refractivity contribution in [2.24, 2.45) is 0 Å². The molecule has 1 aromatic carbocycles. The average Bonchev–Trinajstić information content (AvgIpc) is 2.94. The van der Waals surface area contributed by atoms with E-state index in [2.05, 4.69) is 15.8 Å². The Hall–Kier alpha value is -1.99. The van der Waals surface area contributed by atoms with Crippen molar-refractivity contribution in [3.8, 4) is 0 Å². The molecule has 1 aromatic heterocycles. The minimum atomic E-state index is -0.409. The smallest absolute Gasteiger partial charge is 0.238 e. The van der Waals surface area contributed by atoms with E-state index in [0.29, 0.717) is 22.3 Å². The Morgan fingerprint density at radius 2 is 2.08 bits per heavy atom. The van der Waals surface area contributed by atoms with Gasteiger partial charge in [0.15, 0.2) is 5.82 Å². The van der Waals surface area contributed by atoms with Gasteiger partial charge in [0.2, 0.25) is 11.8 Å². The van der Waals surface area contributed by atoms with E-state index in [0.717, 1.165) is 5.56 Å². The first-order valence-electron chi connectivity index (χ1n) is 7.27. The Bertz CT molecular complexity index is 748. The molecule has 0 aliphatic heterocycles. The topological polar surface area (TPSA) is 84.2 Å². The molecule has 2 amide bonds. The molecule has 1 heterocycles. The van der Waals surface area contributed by atoms with E-state index in [1.54, 1.807) is 38.1 Å². The Morgan fingerprint density at radius 1 is 1.33 bits per heavy atom. The van der Waals surface area contributed by atoms with Crippen LogP contribution >= 0.6 is 23.4 Å². The number of nitrogens with one attached hydrogen (secondary N) is 2. The van der Waals surface area contributed by atoms with Crippen LogP contribution in [-0.2, 0) is 9.59 Å². The summed E-state index contributed by atoms with van der Waals surface area (Å²) in [5.41, 5.74) is 1.48. The van der Waals surface area contributed by atoms with Crippen LogP contribution in [0.25, 0.3) is 0 Å². The zero-order valence-electron chi connectivity index (χ0n) is 13.6. The van der Waals surface area contributed by atoms with Gasteiger partial charge >= 0.3 is 0 Å². The third kappa shape index (κ3) is 5.01. The van der Waals surface area contributed by atoms with Crippen LogP contribution in [-0.4, -0.2) is 28.0 Å². The standard InChI is InChI=1S/C16H18ClN3O3S/c1-9-7-14(20-23-9)19-16(22)11(3)24-8-15(21)18-13-6-4-5-12(17)10(13)2/h4-7,11H,8H2,1-3H3,(H,18,21)(H,19,20,22)/t11-/m0/s1. The summed E-state index contributed by atoms with van der Waals surface area (Å²) in [5.74, 6) is 0.700. The van der Waals surface area contributed by atoms with Crippen LogP contribution in [0.5, 0.6) is 0 Å². The van der Waals surface area contributed by atoms with Crippen molar-refractivity contribution in [3.63, 3.8) is 0 Å². The summed E-state index contributed by atoms with van der Waals surface area (Å²) in [6.07, 6.45) is 0. The minimum absolute atomic E-state index is 0.151. The van der Waals surface area contributed by atoms with Crippen LogP contribution in [0, 0.1) is 13.8 Å². The van der Waals surface area contributed by atoms with E-state index in [1.807, 2.05) is 6.92 Å². The fourth-order valence-electron chi connectivity index (χ4n) is 1.86. The molecule has 0 saturated carbocycles. The first kappa shape index (κ1) is 18.4. The van der Waals surface area contributed by atoms with Crippen molar-refractivity contribution in [1.29, 1.82) is 0 Å². The lowest BCUT2D eigenvalue weighted by atomic mass is 10.2. The number of amides is 2. The summed E-state index contributed by atoms with van der Waals surface area (Å²) in [6, 6.07) is 6.95. The van der Waals surface area contributed by atoms with E-state index in [9.17, 15) is 9.59 Å². The molecule has 0 radical (unpaired) electrons. The van der Waals surface area contributed by atoms with Crippen molar-refractivity contribution >= 4 is 46.7 Å². The molecule has 0 spiro atoms. The van der Waals surface area contributed by atoms with E-state index < -0.39 is 5.25 Å². The van der Waals surface area contributed by atoms with Gasteiger partial charge in [-0.2, -0.15) is 0 Å². The molecule has 2 N–H and O–H groups in total. The molecule has 0 aliphatic rings. The normalized spacial score (nSPS) is 11.8. The second-order valence-electron chi connectivity index (χ2n) is 5.23. The molecule has 2 rings (SSSR count). The maximum absolute atomic E-state index is 12.0. The highest BCUT2D eigenvalue weighted by Crippen LogP contribution is 2.23. The molecule has 0 bridgehead atoms. The second-order valence-corrected chi connectivity index (χ2v) is 6.96. The SMILES string of the molecule is Cc1cc(NC(=O)[C@H](C)SCC(=O)Nc2cccc(Cl)c2C)no1. The summed E-state index contributed by atoms with van der Waals surface area (Å²) in [5, 5.41) is 9.32. The predicted octanol–water partition coefficient (Wildman–Crippen LogP) is 3.64. The van der Waals surface area contributed by atoms with Crippen molar-refractivity contribution in [3.05, 3.63) is 40.6 Å². The number of hydrogen-bond acceptors (Lipinski definition) is 5. The number of hydrogen-bond donors (Lipinski definition) is 2. The number of carbonyl (C=O) groups excluding carboxylic acids is 2. The van der Waals surface area contributed by atoms with Crippen LogP contribution in [0.1, 0.15) is 18.2 Å². The first-order chi connectivity index (χ1) is 11.4. The number of anilines is 2. The van der Waals surface area contributed by atoms with Gasteiger partial charge in [0.1, 0.15) is 5.76 Å². The Balaban J connectivity index is 1.82. The van der Waals surface area contributed by atoms with Crippen LogP contribution < -0.4 is 10.6 Å². The molecule has 128 valence electrons. The zero-order chi connectivity index (χ0) is 17.7. The van der Waals surface area contributed by atoms with Gasteiger partial charge in [0.05, 0.1) is 11.0 Å². The largest absolute Gasteiger partial charge is 0.360 e. The van der Waals surface area contributed by atoms with Crippen LogP contribution in [0.2, 0.25) is 5.02 Å². The molecule has 24 heavy (non-hydrogen) atoms. The lowest BCUT2D eigenvalue weighted by molar-refractivity contribution is -0.115. The van der Waals surface area contributed by atoms with E-state index in [4.69, 9.17) is 16.1 Å². The van der Waals surface area contributed by atoms with Gasteiger partial charge in [-0.1, -0.05) is 22.8 Å². The van der Waals surface area contributed by atoms with E-state index in [1.165, 1.54) is 11.8 Å². The molecule has 0 aliphatic carbocycles. The molecule has 0 unspecified atom stereocenters. The van der Waals surface area contributed by atoms with Crippen molar-refractivity contribution in [1.82, 2.24) is 5.16 Å². The summed E-state index contributed by atoms with van der Waals surface area (Å²) in [7, 11) is 0. The number of rotatable bonds is 6. The third-order valence-corrected chi connectivity index (χ3v) is 4.81. The lowest BCUT2D eigenvalue weighted by Crippen LogP contribution is -2.25. The van der Waals surface area contributed by atoms with Crippen molar-refractivity contribution < 1.29 is 14.1 Å². The molecule has 8 heteroatoms. The maximum atomic E-state index is 12.0. The van der Waals surface area contributed by atoms with Gasteiger partial charge in [-0.05, 0) is 38.5 Å². The van der Waals surface area contributed by atoms with Gasteiger partial charge in [-0.15, -0.1) is 11.8 Å². The van der Waals surface area contributed by atoms with Crippen LogP contribution in [0.3, 0.4) is 0 Å². The number of aromatic nitrogens is 1. The summed E-state index contributed by atoms with van der Waals surface area (Å²) in [6.45, 7) is 5.30. The molecule has 6 nitrogen and oxygen atoms in total. The van der Waals surface area contributed by atoms with E-state index in [-0.39, 0.29) is 17.6 Å². The number of benzene rings is 1. The van der Waals surface area contributed by atoms with E-state index >= 15 is 0 Å². The Labute approximate surface area is 149 Å². The van der Waals surface area contributed by atoms with Gasteiger partial charge in [-0.3, -0.25) is 9.59 Å². The number of thioether (sulfide) groups is 1. The molecule has 2 aromatic rings. The summed E-state index contributed by atoms with van der Waals surface area (Å²) >= 11 is 7.25. The maximum Gasteiger partial charge on any atom is 0.238 e. The number of carbonyl (C=O) groups is 2. The molecule has 0 fully saturated rings. The fourth-order valence-corrected chi connectivity index (χ4v) is 2.72. The second kappa shape index (κ2) is 8.21. The van der Waals surface area contributed by atoms with Gasteiger partial charge in [-0.25, -0.2) is 0 Å². The predicted molar refractivity (Wildman–Crippen MR) is 96.6 cm³/mol. The molecule has 1 atom stereocenters. The first-order valence-corrected chi connectivity index (χ1v) is 8.70. The van der Waals surface area contributed by atoms with Gasteiger partial charge in [0, 0.05) is 16.8 Å². The molecular weight excluding hydrogens is 350 g/mol. The Kier molecular flexibility index (Phi) is 6.28. The molecule has 0 saturated heterocycles. The van der Waals surface area contributed by atoms with Crippen LogP contribution in [0.15, 0.2) is 28.8 Å².